The molecule has 2 heteroatoms. The highest BCUT2D eigenvalue weighted by Gasteiger charge is 2.05. The molecule has 0 saturated heterocycles. The van der Waals surface area contributed by atoms with E-state index in [0.29, 0.717) is 12.5 Å². The lowest BCUT2D eigenvalue weighted by molar-refractivity contribution is 0.869. The lowest BCUT2D eigenvalue weighted by Gasteiger charge is -2.10. The molecular formula is C44H54N2. The molecule has 0 heterocycles. The summed E-state index contributed by atoms with van der Waals surface area (Å²) in [5, 5.41) is 8.11. The van der Waals surface area contributed by atoms with E-state index in [0.717, 1.165) is 0 Å². The Hall–Kier alpha value is -4.79. The minimum Gasteiger partial charge on any atom is -0.326 e. The highest BCUT2D eigenvalue weighted by molar-refractivity contribution is 5.88. The Morgan fingerprint density at radius 1 is 0.500 bits per heavy atom. The number of benzene rings is 6. The van der Waals surface area contributed by atoms with Crippen molar-refractivity contribution in [2.45, 2.75) is 60.9 Å². The van der Waals surface area contributed by atoms with Gasteiger partial charge in [0, 0.05) is 6.54 Å². The van der Waals surface area contributed by atoms with Crippen molar-refractivity contribution in [3.05, 3.63) is 168 Å². The van der Waals surface area contributed by atoms with Gasteiger partial charge in [0.2, 0.25) is 0 Å². The van der Waals surface area contributed by atoms with Crippen LogP contribution < -0.4 is 5.73 Å². The van der Waals surface area contributed by atoms with E-state index in [1.807, 2.05) is 76.2 Å². The standard InChI is InChI=1S/C25H22.C7H9N.C7H8.2C2H6.CH3N/c1-18(2)20-11-12-25-17-24(14-13-23(25)15-20)22-10-6-9-21(16-22)19-7-4-3-5-8-19;8-6-7-4-2-1-3-5-7;1-7-5-3-2-4-6-7;3*1-2/h3-18H,1-2H3;1-5H,6,8H2;2-6H,1H3;2*1-2H3;2H,1H2. The van der Waals surface area contributed by atoms with Gasteiger partial charge >= 0.3 is 0 Å². The first-order valence-electron chi connectivity index (χ1n) is 16.3. The second kappa shape index (κ2) is 23.6. The number of aryl methyl sites for hydroxylation is 1. The molecule has 2 nitrogen and oxygen atoms in total. The van der Waals surface area contributed by atoms with Crippen LogP contribution in [0.15, 0.2) is 152 Å². The van der Waals surface area contributed by atoms with Gasteiger partial charge in [-0.15, -0.1) is 0 Å². The maximum atomic E-state index is 5.50. The Bertz CT molecular complexity index is 1610. The van der Waals surface area contributed by atoms with Crippen LogP contribution in [0, 0.1) is 12.3 Å². The van der Waals surface area contributed by atoms with E-state index in [4.69, 9.17) is 11.1 Å². The van der Waals surface area contributed by atoms with E-state index in [-0.39, 0.29) is 0 Å². The molecule has 0 aliphatic rings. The molecule has 0 aromatic heterocycles. The van der Waals surface area contributed by atoms with Crippen molar-refractivity contribution >= 4 is 17.5 Å². The summed E-state index contributed by atoms with van der Waals surface area (Å²) in [7, 11) is 0. The average molecular weight is 611 g/mol. The van der Waals surface area contributed by atoms with E-state index < -0.39 is 0 Å². The summed E-state index contributed by atoms with van der Waals surface area (Å²) in [6.45, 7) is 17.7. The van der Waals surface area contributed by atoms with E-state index in [1.54, 1.807) is 0 Å². The molecule has 6 rings (SSSR count). The lowest BCUT2D eigenvalue weighted by atomic mass is 9.95. The van der Waals surface area contributed by atoms with E-state index in [1.165, 1.54) is 49.7 Å². The quantitative estimate of drug-likeness (QED) is 0.192. The van der Waals surface area contributed by atoms with E-state index >= 15 is 0 Å². The number of hydrogen-bond acceptors (Lipinski definition) is 2. The Balaban J connectivity index is 0.000000412. The van der Waals surface area contributed by atoms with Crippen LogP contribution in [0.4, 0.5) is 0 Å². The minimum absolute atomic E-state index is 0.562. The summed E-state index contributed by atoms with van der Waals surface area (Å²) in [6, 6.07) is 53.2. The zero-order valence-electron chi connectivity index (χ0n) is 29.0. The third kappa shape index (κ3) is 13.5. The highest BCUT2D eigenvalue weighted by atomic mass is 14.5. The zero-order chi connectivity index (χ0) is 34.2. The van der Waals surface area contributed by atoms with Crippen LogP contribution in [-0.2, 0) is 6.54 Å². The van der Waals surface area contributed by atoms with Gasteiger partial charge in [-0.25, -0.2) is 0 Å². The Morgan fingerprint density at radius 3 is 1.41 bits per heavy atom. The van der Waals surface area contributed by atoms with Crippen LogP contribution in [0.5, 0.6) is 0 Å². The Morgan fingerprint density at radius 2 is 0.935 bits per heavy atom. The first kappa shape index (κ1) is 39.2. The molecule has 240 valence electrons. The molecule has 0 unspecified atom stereocenters. The molecule has 3 N–H and O–H groups in total. The number of nitrogens with two attached hydrogens (primary N) is 1. The smallest absolute Gasteiger partial charge is 0.0178 e. The average Bonchev–Trinajstić information content (AvgIpc) is 3.15. The molecular weight excluding hydrogens is 556 g/mol. The van der Waals surface area contributed by atoms with Crippen LogP contribution in [0.1, 0.15) is 64.2 Å². The third-order valence-electron chi connectivity index (χ3n) is 6.85. The fourth-order valence-electron chi connectivity index (χ4n) is 4.46. The molecule has 0 saturated carbocycles. The van der Waals surface area contributed by atoms with Crippen LogP contribution in [0.25, 0.3) is 33.0 Å². The van der Waals surface area contributed by atoms with Gasteiger partial charge in [0.1, 0.15) is 0 Å². The molecule has 0 fully saturated rings. The van der Waals surface area contributed by atoms with Crippen LogP contribution in [0.2, 0.25) is 0 Å². The largest absolute Gasteiger partial charge is 0.326 e. The predicted octanol–water partition coefficient (Wildman–Crippen LogP) is 12.8. The van der Waals surface area contributed by atoms with Gasteiger partial charge < -0.3 is 11.1 Å². The molecule has 0 bridgehead atoms. The maximum Gasteiger partial charge on any atom is 0.0178 e. The number of hydrogen-bond donors (Lipinski definition) is 2. The summed E-state index contributed by atoms with van der Waals surface area (Å²) in [6.07, 6.45) is 0. The molecule has 0 radical (unpaired) electrons. The summed E-state index contributed by atoms with van der Waals surface area (Å²) in [4.78, 5) is 0. The molecule has 0 aliphatic heterocycles. The highest BCUT2D eigenvalue weighted by Crippen LogP contribution is 2.30. The first-order valence-corrected chi connectivity index (χ1v) is 16.3. The van der Waals surface area contributed by atoms with Gasteiger partial charge in [-0.1, -0.05) is 187 Å². The van der Waals surface area contributed by atoms with Crippen LogP contribution in [0.3, 0.4) is 0 Å². The third-order valence-corrected chi connectivity index (χ3v) is 6.85. The van der Waals surface area contributed by atoms with E-state index in [2.05, 4.69) is 131 Å². The van der Waals surface area contributed by atoms with Gasteiger partial charge in [0.05, 0.1) is 0 Å². The molecule has 0 spiro atoms. The monoisotopic (exact) mass is 610 g/mol. The van der Waals surface area contributed by atoms with Crippen molar-refractivity contribution in [3.8, 4) is 22.3 Å². The second-order valence-corrected chi connectivity index (χ2v) is 10.3. The minimum atomic E-state index is 0.562. The summed E-state index contributed by atoms with van der Waals surface area (Å²) >= 11 is 0. The van der Waals surface area contributed by atoms with Crippen molar-refractivity contribution in [1.29, 1.82) is 5.41 Å². The molecule has 0 amide bonds. The normalized spacial score (nSPS) is 9.33. The zero-order valence-corrected chi connectivity index (χ0v) is 29.0. The molecule has 46 heavy (non-hydrogen) atoms. The molecule has 6 aromatic carbocycles. The molecule has 0 atom stereocenters. The summed E-state index contributed by atoms with van der Waals surface area (Å²) in [5.74, 6) is 0.562. The maximum absolute atomic E-state index is 5.50. The van der Waals surface area contributed by atoms with Crippen molar-refractivity contribution in [1.82, 2.24) is 0 Å². The number of nitrogens with one attached hydrogen (secondary N) is 1. The van der Waals surface area contributed by atoms with Gasteiger partial charge in [-0.2, -0.15) is 0 Å². The fourth-order valence-corrected chi connectivity index (χ4v) is 4.46. The lowest BCUT2D eigenvalue weighted by Crippen LogP contribution is -1.94. The second-order valence-electron chi connectivity index (χ2n) is 10.3. The first-order chi connectivity index (χ1) is 22.5. The van der Waals surface area contributed by atoms with Gasteiger partial charge in [0.15, 0.2) is 0 Å². The summed E-state index contributed by atoms with van der Waals surface area (Å²) < 4.78 is 0. The Kier molecular flexibility index (Phi) is 20.1. The topological polar surface area (TPSA) is 49.9 Å². The van der Waals surface area contributed by atoms with Crippen molar-refractivity contribution in [2.75, 3.05) is 0 Å². The predicted molar refractivity (Wildman–Crippen MR) is 207 cm³/mol. The van der Waals surface area contributed by atoms with Gasteiger partial charge in [-0.3, -0.25) is 0 Å². The number of rotatable bonds is 4. The summed E-state index contributed by atoms with van der Waals surface area (Å²) in [5.41, 5.74) is 14.3. The van der Waals surface area contributed by atoms with Crippen LogP contribution >= 0.6 is 0 Å². The SMILES string of the molecule is C=N.CC.CC.CC(C)c1ccc2cc(-c3cccc(-c4ccccc4)c3)ccc2c1.Cc1ccccc1.NCc1ccccc1. The number of fused-ring (bicyclic) bond motifs is 1. The van der Waals surface area contributed by atoms with Crippen molar-refractivity contribution < 1.29 is 0 Å². The van der Waals surface area contributed by atoms with Gasteiger partial charge in [0.25, 0.3) is 0 Å². The van der Waals surface area contributed by atoms with Crippen molar-refractivity contribution in [3.63, 3.8) is 0 Å². The fraction of sp³-hybridized carbons (Fsp3) is 0.205. The van der Waals surface area contributed by atoms with Crippen molar-refractivity contribution in [2.24, 2.45) is 5.73 Å². The van der Waals surface area contributed by atoms with E-state index in [9.17, 15) is 0 Å². The Labute approximate surface area is 279 Å². The molecule has 0 aliphatic carbocycles. The van der Waals surface area contributed by atoms with Gasteiger partial charge in [-0.05, 0) is 75.8 Å². The molecule has 6 aromatic rings. The van der Waals surface area contributed by atoms with Crippen LogP contribution in [-0.4, -0.2) is 6.72 Å².